The van der Waals surface area contributed by atoms with Crippen molar-refractivity contribution in [3.8, 4) is 12.1 Å². The molecule has 0 bridgehead atoms. The number of hydrogen-bond donors (Lipinski definition) is 4. The van der Waals surface area contributed by atoms with Crippen molar-refractivity contribution in [1.29, 1.82) is 0 Å². The second-order valence-electron chi connectivity index (χ2n) is 7.33. The number of nitrogens with zero attached hydrogens (tertiary/aromatic N) is 3. The highest BCUT2D eigenvalue weighted by atomic mass is 31.3. The fraction of sp³-hybridized carbons (Fsp3) is 0.562. The third-order valence-corrected chi connectivity index (χ3v) is 10.5. The van der Waals surface area contributed by atoms with E-state index in [1.165, 1.54) is 22.5 Å². The molecule has 0 aromatic carbocycles. The third-order valence-electron chi connectivity index (χ3n) is 5.05. The topological polar surface area (TPSA) is 237 Å². The van der Waals surface area contributed by atoms with E-state index in [9.17, 15) is 28.7 Å². The monoisotopic (exact) mass is 588 g/mol. The number of anilines is 1. The van der Waals surface area contributed by atoms with Crippen LogP contribution in [0, 0.1) is 12.1 Å². The predicted octanol–water partition coefficient (Wildman–Crippen LogP) is -0.260. The normalized spacial score (nSPS) is 26.8. The molecule has 3 heterocycles. The number of rotatable bonds is 11. The highest BCUT2D eigenvalue weighted by Crippen LogP contribution is 2.71. The van der Waals surface area contributed by atoms with Crippen LogP contribution in [0.15, 0.2) is 11.1 Å². The van der Waals surface area contributed by atoms with Gasteiger partial charge in [0.05, 0.1) is 13.7 Å². The predicted molar refractivity (Wildman–Crippen MR) is 123 cm³/mol. The summed E-state index contributed by atoms with van der Waals surface area (Å²) in [5.74, 6) is -0.198. The van der Waals surface area contributed by atoms with Crippen molar-refractivity contribution in [2.45, 2.75) is 24.5 Å². The molecule has 18 nitrogen and oxygen atoms in total. The van der Waals surface area contributed by atoms with Crippen molar-refractivity contribution < 1.29 is 59.9 Å². The van der Waals surface area contributed by atoms with Crippen LogP contribution in [0.2, 0.25) is 0 Å². The van der Waals surface area contributed by atoms with Crippen molar-refractivity contribution in [1.82, 2.24) is 14.5 Å². The van der Waals surface area contributed by atoms with Gasteiger partial charge in [0, 0.05) is 27.0 Å². The molecule has 0 radical (unpaired) electrons. The standard InChI is InChI=1S/C16H24N5O13P3/c1-6-35(25,28-3)33-37(27,30-5)34-36(26,29-4)31-7-9-11(22)12(23)15(32-9)21-8-20(2)10-13(21)18-16(17)19-14(10)24/h1,8-9,11-12,15,22-23H,7H2,2-5H3,(H2-,17,18,19,24)/p+1/t9-,11?,12?,15-,35?,36?,37?/m1/s1. The van der Waals surface area contributed by atoms with E-state index in [0.717, 1.165) is 21.3 Å². The van der Waals surface area contributed by atoms with Crippen molar-refractivity contribution >= 4 is 40.4 Å². The van der Waals surface area contributed by atoms with Gasteiger partial charge >= 0.3 is 28.8 Å². The second kappa shape index (κ2) is 11.0. The van der Waals surface area contributed by atoms with Crippen molar-refractivity contribution in [2.24, 2.45) is 7.05 Å². The van der Waals surface area contributed by atoms with Crippen LogP contribution >= 0.6 is 23.2 Å². The van der Waals surface area contributed by atoms with Crippen LogP contribution in [-0.4, -0.2) is 71.0 Å². The lowest BCUT2D eigenvalue weighted by Crippen LogP contribution is -2.34. The number of nitrogens with one attached hydrogen (secondary N) is 1. The summed E-state index contributed by atoms with van der Waals surface area (Å²) >= 11 is 0. The molecule has 1 aliphatic rings. The van der Waals surface area contributed by atoms with Gasteiger partial charge in [0.15, 0.2) is 0 Å². The number of aromatic amines is 1. The van der Waals surface area contributed by atoms with Crippen molar-refractivity contribution in [3.63, 3.8) is 0 Å². The number of aryl methyl sites for hydroxylation is 1. The number of phosphoric ester groups is 1. The molecule has 3 rings (SSSR count). The number of terminal acetylenes is 1. The number of nitrogens with two attached hydrogens (primary N) is 1. The van der Waals surface area contributed by atoms with Crippen LogP contribution < -0.4 is 15.9 Å². The summed E-state index contributed by atoms with van der Waals surface area (Å²) in [7, 11) is -10.0. The van der Waals surface area contributed by atoms with E-state index in [-0.39, 0.29) is 17.1 Å². The SMILES string of the molecule is C#CP(=O)(OC)OP(=O)(OC)OP(=O)(OC)OC[C@H]1O[C@@H](n2c[n+](C)c3c(=O)[nH]c(N)nc32)C(O)C1O. The lowest BCUT2D eigenvalue weighted by Gasteiger charge is -2.23. The highest BCUT2D eigenvalue weighted by Gasteiger charge is 2.50. The molecule has 0 spiro atoms. The molecule has 0 amide bonds. The number of ether oxygens (including phenoxy) is 1. The molecule has 5 N–H and O–H groups in total. The minimum absolute atomic E-state index is 0.0433. The van der Waals surface area contributed by atoms with Gasteiger partial charge < -0.3 is 25.2 Å². The summed E-state index contributed by atoms with van der Waals surface area (Å²) in [5, 5.41) is 21.1. The Balaban J connectivity index is 1.80. The zero-order chi connectivity index (χ0) is 27.8. The number of nitrogen functional groups attached to an aromatic ring is 1. The third kappa shape index (κ3) is 6.04. The van der Waals surface area contributed by atoms with Crippen molar-refractivity contribution in [2.75, 3.05) is 33.7 Å². The summed E-state index contributed by atoms with van der Waals surface area (Å²) in [4.78, 5) is 18.6. The summed E-state index contributed by atoms with van der Waals surface area (Å²) in [6.45, 7) is -0.748. The van der Waals surface area contributed by atoms with Gasteiger partial charge in [-0.15, -0.1) is 6.42 Å². The Kier molecular flexibility index (Phi) is 8.82. The molecule has 7 atom stereocenters. The minimum Gasteiger partial charge on any atom is -0.387 e. The number of aliphatic hydroxyl groups excluding tert-OH is 2. The molecule has 0 saturated carbocycles. The first-order valence-electron chi connectivity index (χ1n) is 10.0. The molecule has 37 heavy (non-hydrogen) atoms. The fourth-order valence-corrected chi connectivity index (χ4v) is 7.68. The molecule has 1 fully saturated rings. The Bertz CT molecular complexity index is 1400. The minimum atomic E-state index is -4.93. The Morgan fingerprint density at radius 2 is 1.84 bits per heavy atom. The Morgan fingerprint density at radius 1 is 1.19 bits per heavy atom. The van der Waals surface area contributed by atoms with Crippen molar-refractivity contribution in [3.05, 3.63) is 16.7 Å². The molecule has 0 aliphatic carbocycles. The number of H-pyrrole nitrogens is 1. The Morgan fingerprint density at radius 3 is 2.41 bits per heavy atom. The average Bonchev–Trinajstić information content (AvgIpc) is 3.33. The number of hydrogen-bond acceptors (Lipinski definition) is 15. The second-order valence-corrected chi connectivity index (χ2v) is 13.0. The molecular weight excluding hydrogens is 563 g/mol. The molecule has 21 heteroatoms. The molecule has 1 saturated heterocycles. The average molecular weight is 588 g/mol. The summed E-state index contributed by atoms with van der Waals surface area (Å²) in [6.07, 6.45) is 0.574. The summed E-state index contributed by atoms with van der Waals surface area (Å²) in [6, 6.07) is 0. The fourth-order valence-electron chi connectivity index (χ4n) is 3.27. The van der Waals surface area contributed by atoms with Gasteiger partial charge in [0.25, 0.3) is 11.2 Å². The van der Waals surface area contributed by atoms with Gasteiger partial charge in [-0.05, 0) is 0 Å². The Labute approximate surface area is 209 Å². The molecule has 206 valence electrons. The van der Waals surface area contributed by atoms with E-state index in [1.54, 1.807) is 5.66 Å². The molecule has 5 unspecified atom stereocenters. The molecular formula is C16H25N5O13P3+. The quantitative estimate of drug-likeness (QED) is 0.150. The largest absolute Gasteiger partial charge is 0.491 e. The maximum absolute atomic E-state index is 12.9. The van der Waals surface area contributed by atoms with Crippen LogP contribution in [0.25, 0.3) is 11.2 Å². The van der Waals surface area contributed by atoms with Gasteiger partial charge in [0.1, 0.15) is 18.3 Å². The first-order chi connectivity index (χ1) is 17.2. The number of phosphoric acid groups is 2. The summed E-state index contributed by atoms with van der Waals surface area (Å²) in [5.41, 5.74) is 6.85. The zero-order valence-electron chi connectivity index (χ0n) is 19.8. The maximum atomic E-state index is 12.9. The van der Waals surface area contributed by atoms with Gasteiger partial charge in [-0.3, -0.25) is 23.3 Å². The molecule has 2 aromatic rings. The van der Waals surface area contributed by atoms with Gasteiger partial charge in [-0.1, -0.05) is 0 Å². The van der Waals surface area contributed by atoms with Gasteiger partial charge in [-0.2, -0.15) is 18.2 Å². The van der Waals surface area contributed by atoms with E-state index in [2.05, 4.69) is 27.8 Å². The molecule has 2 aromatic heterocycles. The number of aromatic nitrogens is 4. The van der Waals surface area contributed by atoms with Crippen LogP contribution in [0.3, 0.4) is 0 Å². The number of imidazole rings is 1. The highest BCUT2D eigenvalue weighted by molar-refractivity contribution is 7.71. The first-order valence-corrected chi connectivity index (χ1v) is 14.5. The molecule has 1 aliphatic heterocycles. The Hall–Kier alpha value is -1.96. The maximum Gasteiger partial charge on any atom is 0.491 e. The first kappa shape index (κ1) is 29.6. The number of fused-ring (bicyclic) bond motifs is 1. The van der Waals surface area contributed by atoms with Crippen LogP contribution in [0.4, 0.5) is 5.95 Å². The van der Waals surface area contributed by atoms with E-state index in [4.69, 9.17) is 25.7 Å². The number of aliphatic hydroxyl groups is 2. The lowest BCUT2D eigenvalue weighted by atomic mass is 10.1. The van der Waals surface area contributed by atoms with Crippen LogP contribution in [0.5, 0.6) is 0 Å². The smallest absolute Gasteiger partial charge is 0.387 e. The zero-order valence-corrected chi connectivity index (χ0v) is 22.5. The van der Waals surface area contributed by atoms with E-state index < -0.39 is 59.9 Å². The van der Waals surface area contributed by atoms with E-state index in [0.29, 0.717) is 0 Å². The summed E-state index contributed by atoms with van der Waals surface area (Å²) < 4.78 is 74.2. The van der Waals surface area contributed by atoms with Gasteiger partial charge in [-0.25, -0.2) is 18.3 Å². The van der Waals surface area contributed by atoms with E-state index >= 15 is 0 Å². The lowest BCUT2D eigenvalue weighted by molar-refractivity contribution is -0.646. The van der Waals surface area contributed by atoms with Gasteiger partial charge in [0.2, 0.25) is 18.5 Å². The van der Waals surface area contributed by atoms with E-state index in [1.807, 2.05) is 0 Å². The van der Waals surface area contributed by atoms with Crippen LogP contribution in [-0.2, 0) is 52.2 Å². The van der Waals surface area contributed by atoms with Crippen LogP contribution in [0.1, 0.15) is 6.23 Å².